The van der Waals surface area contributed by atoms with Crippen LogP contribution in [0.1, 0.15) is 21.6 Å². The first-order chi connectivity index (χ1) is 9.66. The summed E-state index contributed by atoms with van der Waals surface area (Å²) in [5.74, 6) is -0.0549. The molecule has 0 bridgehead atoms. The molecule has 0 aliphatic rings. The van der Waals surface area contributed by atoms with Gasteiger partial charge in [0, 0.05) is 15.4 Å². The highest BCUT2D eigenvalue weighted by Crippen LogP contribution is 2.24. The molecule has 3 heteroatoms. The minimum Gasteiger partial charge on any atom is -0.287 e. The van der Waals surface area contributed by atoms with E-state index in [9.17, 15) is 4.79 Å². The maximum atomic E-state index is 12.6. The van der Waals surface area contributed by atoms with Crippen molar-refractivity contribution < 1.29 is 4.79 Å². The largest absolute Gasteiger partial charge is 0.287 e. The molecule has 0 aliphatic carbocycles. The Bertz CT molecular complexity index is 811. The van der Waals surface area contributed by atoms with Crippen LogP contribution in [0.4, 0.5) is 0 Å². The van der Waals surface area contributed by atoms with Crippen molar-refractivity contribution in [1.29, 1.82) is 0 Å². The summed E-state index contributed by atoms with van der Waals surface area (Å²) >= 11 is 3.46. The molecule has 1 heterocycles. The lowest BCUT2D eigenvalue weighted by Crippen LogP contribution is -2.07. The highest BCUT2D eigenvalue weighted by Gasteiger charge is 2.16. The van der Waals surface area contributed by atoms with E-state index in [0.29, 0.717) is 11.3 Å². The second-order valence-electron chi connectivity index (χ2n) is 4.66. The van der Waals surface area contributed by atoms with Crippen LogP contribution in [0.15, 0.2) is 59.1 Å². The third kappa shape index (κ3) is 2.25. The summed E-state index contributed by atoms with van der Waals surface area (Å²) in [6.45, 7) is 1.93. The fraction of sp³-hybridized carbons (Fsp3) is 0.0588. The van der Waals surface area contributed by atoms with Gasteiger partial charge in [-0.3, -0.25) is 4.79 Å². The number of hydrogen-bond donors (Lipinski definition) is 0. The van der Waals surface area contributed by atoms with E-state index in [0.717, 1.165) is 20.9 Å². The Balaban J connectivity index is 2.17. The Morgan fingerprint density at radius 2 is 1.75 bits per heavy atom. The molecule has 0 atom stereocenters. The van der Waals surface area contributed by atoms with Gasteiger partial charge in [-0.25, -0.2) is 4.98 Å². The number of pyridine rings is 1. The predicted octanol–water partition coefficient (Wildman–Crippen LogP) is 4.54. The van der Waals surface area contributed by atoms with Crippen LogP contribution in [-0.4, -0.2) is 10.8 Å². The third-order valence-electron chi connectivity index (χ3n) is 3.28. The van der Waals surface area contributed by atoms with Crippen LogP contribution in [0.25, 0.3) is 10.9 Å². The molecule has 0 aliphatic heterocycles. The molecule has 0 saturated carbocycles. The standard InChI is InChI=1S/C17H12BrNO/c1-11-6-2-4-8-13(11)17(20)16-14(18)10-12-7-3-5-9-15(12)19-16/h2-10H,1H3. The molecule has 0 unspecified atom stereocenters. The van der Waals surface area contributed by atoms with E-state index >= 15 is 0 Å². The Hall–Kier alpha value is -2.00. The Morgan fingerprint density at radius 1 is 1.05 bits per heavy atom. The number of para-hydroxylation sites is 1. The Morgan fingerprint density at radius 3 is 2.55 bits per heavy atom. The van der Waals surface area contributed by atoms with Gasteiger partial charge in [0.1, 0.15) is 5.69 Å². The van der Waals surface area contributed by atoms with Crippen LogP contribution in [0.2, 0.25) is 0 Å². The zero-order valence-electron chi connectivity index (χ0n) is 10.9. The van der Waals surface area contributed by atoms with E-state index in [2.05, 4.69) is 20.9 Å². The molecule has 0 radical (unpaired) electrons. The number of benzene rings is 2. The van der Waals surface area contributed by atoms with Crippen molar-refractivity contribution >= 4 is 32.6 Å². The summed E-state index contributed by atoms with van der Waals surface area (Å²) in [5, 5.41) is 1.01. The van der Waals surface area contributed by atoms with Gasteiger partial charge in [0.05, 0.1) is 5.52 Å². The van der Waals surface area contributed by atoms with Gasteiger partial charge < -0.3 is 0 Å². The third-order valence-corrected chi connectivity index (χ3v) is 3.89. The molecule has 0 saturated heterocycles. The first-order valence-corrected chi connectivity index (χ1v) is 7.12. The lowest BCUT2D eigenvalue weighted by atomic mass is 10.0. The van der Waals surface area contributed by atoms with Crippen LogP contribution in [0, 0.1) is 6.92 Å². The first-order valence-electron chi connectivity index (χ1n) is 6.32. The second kappa shape index (κ2) is 5.17. The van der Waals surface area contributed by atoms with Gasteiger partial charge in [-0.2, -0.15) is 0 Å². The molecule has 98 valence electrons. The van der Waals surface area contributed by atoms with Crippen molar-refractivity contribution in [3.63, 3.8) is 0 Å². The molecular formula is C17H12BrNO. The predicted molar refractivity (Wildman–Crippen MR) is 84.1 cm³/mol. The Kier molecular flexibility index (Phi) is 3.36. The number of aryl methyl sites for hydroxylation is 1. The summed E-state index contributed by atoms with van der Waals surface area (Å²) in [5.41, 5.74) is 2.93. The number of fused-ring (bicyclic) bond motifs is 1. The maximum absolute atomic E-state index is 12.6. The Labute approximate surface area is 125 Å². The van der Waals surface area contributed by atoms with Crippen molar-refractivity contribution in [3.8, 4) is 0 Å². The van der Waals surface area contributed by atoms with E-state index in [-0.39, 0.29) is 5.78 Å². The summed E-state index contributed by atoms with van der Waals surface area (Å²) in [4.78, 5) is 17.1. The van der Waals surface area contributed by atoms with E-state index < -0.39 is 0 Å². The molecule has 0 N–H and O–H groups in total. The van der Waals surface area contributed by atoms with Gasteiger partial charge in [0.2, 0.25) is 5.78 Å². The number of nitrogens with zero attached hydrogens (tertiary/aromatic N) is 1. The summed E-state index contributed by atoms with van der Waals surface area (Å²) < 4.78 is 0.726. The summed E-state index contributed by atoms with van der Waals surface area (Å²) in [6, 6.07) is 17.3. The van der Waals surface area contributed by atoms with Crippen LogP contribution in [-0.2, 0) is 0 Å². The number of carbonyl (C=O) groups excluding carboxylic acids is 1. The number of rotatable bonds is 2. The van der Waals surface area contributed by atoms with Crippen LogP contribution in [0.3, 0.4) is 0 Å². The molecule has 0 spiro atoms. The van der Waals surface area contributed by atoms with Crippen molar-refractivity contribution in [1.82, 2.24) is 4.98 Å². The van der Waals surface area contributed by atoms with Gasteiger partial charge in [-0.05, 0) is 40.5 Å². The minimum absolute atomic E-state index is 0.0549. The quantitative estimate of drug-likeness (QED) is 0.647. The van der Waals surface area contributed by atoms with Gasteiger partial charge >= 0.3 is 0 Å². The van der Waals surface area contributed by atoms with Gasteiger partial charge in [0.15, 0.2) is 0 Å². The number of hydrogen-bond acceptors (Lipinski definition) is 2. The summed E-state index contributed by atoms with van der Waals surface area (Å²) in [6.07, 6.45) is 0. The molecule has 2 aromatic carbocycles. The fourth-order valence-corrected chi connectivity index (χ4v) is 2.72. The van der Waals surface area contributed by atoms with Gasteiger partial charge in [-0.15, -0.1) is 0 Å². The van der Waals surface area contributed by atoms with Crippen molar-refractivity contribution in [2.75, 3.05) is 0 Å². The van der Waals surface area contributed by atoms with Gasteiger partial charge in [-0.1, -0.05) is 42.5 Å². The smallest absolute Gasteiger partial charge is 0.212 e. The van der Waals surface area contributed by atoms with E-state index in [1.807, 2.05) is 61.5 Å². The van der Waals surface area contributed by atoms with Crippen molar-refractivity contribution in [3.05, 3.63) is 75.9 Å². The number of aromatic nitrogens is 1. The molecule has 1 aromatic heterocycles. The van der Waals surface area contributed by atoms with Crippen molar-refractivity contribution in [2.24, 2.45) is 0 Å². The second-order valence-corrected chi connectivity index (χ2v) is 5.51. The maximum Gasteiger partial charge on any atom is 0.212 e. The fourth-order valence-electron chi connectivity index (χ4n) is 2.20. The van der Waals surface area contributed by atoms with Crippen LogP contribution in [0.5, 0.6) is 0 Å². The summed E-state index contributed by atoms with van der Waals surface area (Å²) in [7, 11) is 0. The molecule has 3 aromatic rings. The average Bonchev–Trinajstić information content (AvgIpc) is 2.46. The topological polar surface area (TPSA) is 30.0 Å². The number of carbonyl (C=O) groups is 1. The number of halogens is 1. The average molecular weight is 326 g/mol. The monoisotopic (exact) mass is 325 g/mol. The lowest BCUT2D eigenvalue weighted by molar-refractivity contribution is 0.103. The highest BCUT2D eigenvalue weighted by atomic mass is 79.9. The zero-order valence-corrected chi connectivity index (χ0v) is 12.5. The van der Waals surface area contributed by atoms with Gasteiger partial charge in [0.25, 0.3) is 0 Å². The highest BCUT2D eigenvalue weighted by molar-refractivity contribution is 9.10. The first kappa shape index (κ1) is 13.0. The number of ketones is 1. The molecule has 0 fully saturated rings. The molecular weight excluding hydrogens is 314 g/mol. The SMILES string of the molecule is Cc1ccccc1C(=O)c1nc2ccccc2cc1Br. The minimum atomic E-state index is -0.0549. The normalized spacial score (nSPS) is 10.7. The van der Waals surface area contributed by atoms with E-state index in [1.165, 1.54) is 0 Å². The van der Waals surface area contributed by atoms with Crippen LogP contribution < -0.4 is 0 Å². The van der Waals surface area contributed by atoms with Crippen LogP contribution >= 0.6 is 15.9 Å². The molecule has 2 nitrogen and oxygen atoms in total. The zero-order chi connectivity index (χ0) is 14.1. The molecule has 0 amide bonds. The van der Waals surface area contributed by atoms with E-state index in [1.54, 1.807) is 0 Å². The van der Waals surface area contributed by atoms with E-state index in [4.69, 9.17) is 0 Å². The molecule has 3 rings (SSSR count). The van der Waals surface area contributed by atoms with Crippen molar-refractivity contribution in [2.45, 2.75) is 6.92 Å². The molecule has 20 heavy (non-hydrogen) atoms. The lowest BCUT2D eigenvalue weighted by Gasteiger charge is -2.07.